The second-order valence-corrected chi connectivity index (χ2v) is 7.07. The van der Waals surface area contributed by atoms with Crippen molar-refractivity contribution in [2.45, 2.75) is 25.7 Å². The van der Waals surface area contributed by atoms with Gasteiger partial charge in [-0.3, -0.25) is 14.9 Å². The van der Waals surface area contributed by atoms with Gasteiger partial charge in [-0.25, -0.2) is 4.98 Å². The highest BCUT2D eigenvalue weighted by molar-refractivity contribution is 7.13. The van der Waals surface area contributed by atoms with Gasteiger partial charge in [-0.2, -0.15) is 0 Å². The Labute approximate surface area is 154 Å². The fraction of sp³-hybridized carbons (Fsp3) is 0.333. The topological polar surface area (TPSA) is 111 Å². The van der Waals surface area contributed by atoms with Crippen LogP contribution in [0.3, 0.4) is 0 Å². The number of aromatic nitrogens is 1. The number of benzene rings is 1. The molecular weight excluding hydrogens is 354 g/mol. The number of carbonyl (C=O) groups excluding carboxylic acids is 3. The Morgan fingerprint density at radius 3 is 2.58 bits per heavy atom. The van der Waals surface area contributed by atoms with Gasteiger partial charge >= 0.3 is 0 Å². The molecule has 2 atom stereocenters. The molecule has 1 aliphatic carbocycles. The molecular formula is C18H18N3O4S-. The molecule has 0 spiro atoms. The highest BCUT2D eigenvalue weighted by Gasteiger charge is 2.31. The number of carboxylic acid groups (broad SMARTS) is 1. The van der Waals surface area contributed by atoms with Gasteiger partial charge in [0, 0.05) is 40.6 Å². The van der Waals surface area contributed by atoms with Crippen LogP contribution in [0, 0.1) is 11.8 Å². The summed E-state index contributed by atoms with van der Waals surface area (Å²) in [5, 5.41) is 18.9. The summed E-state index contributed by atoms with van der Waals surface area (Å²) in [6.07, 6.45) is 4.17. The van der Waals surface area contributed by atoms with E-state index in [1.807, 2.05) is 0 Å². The molecule has 7 nitrogen and oxygen atoms in total. The summed E-state index contributed by atoms with van der Waals surface area (Å²) in [5.74, 6) is -3.24. The Hall–Kier alpha value is -2.74. The van der Waals surface area contributed by atoms with E-state index >= 15 is 0 Å². The molecule has 8 heteroatoms. The molecule has 0 saturated heterocycles. The third kappa shape index (κ3) is 4.26. The van der Waals surface area contributed by atoms with Crippen molar-refractivity contribution in [2.75, 3.05) is 10.6 Å². The molecule has 2 amide bonds. The minimum Gasteiger partial charge on any atom is -0.550 e. The Morgan fingerprint density at radius 2 is 1.88 bits per heavy atom. The van der Waals surface area contributed by atoms with Crippen LogP contribution in [0.25, 0.3) is 0 Å². The molecule has 1 saturated carbocycles. The van der Waals surface area contributed by atoms with Crippen molar-refractivity contribution < 1.29 is 19.5 Å². The van der Waals surface area contributed by atoms with Crippen LogP contribution in [0.15, 0.2) is 35.8 Å². The summed E-state index contributed by atoms with van der Waals surface area (Å²) in [6, 6.07) is 6.50. The van der Waals surface area contributed by atoms with Gasteiger partial charge in [0.25, 0.3) is 5.91 Å². The maximum Gasteiger partial charge on any atom is 0.257 e. The zero-order valence-electron chi connectivity index (χ0n) is 13.9. The van der Waals surface area contributed by atoms with Gasteiger partial charge in [0.2, 0.25) is 5.91 Å². The Balaban J connectivity index is 1.68. The second-order valence-electron chi connectivity index (χ2n) is 6.18. The SMILES string of the molecule is O=C(Nc1nccs1)c1cccc(NC(=O)[C@H]2CCCC[C@H]2C(=O)[O-])c1. The van der Waals surface area contributed by atoms with Crippen LogP contribution in [0.4, 0.5) is 10.8 Å². The van der Waals surface area contributed by atoms with Gasteiger partial charge in [-0.15, -0.1) is 11.3 Å². The molecule has 1 aliphatic rings. The number of anilines is 2. The van der Waals surface area contributed by atoms with Crippen LogP contribution in [0.1, 0.15) is 36.0 Å². The summed E-state index contributed by atoms with van der Waals surface area (Å²) >= 11 is 1.31. The minimum atomic E-state index is -1.18. The highest BCUT2D eigenvalue weighted by Crippen LogP contribution is 2.30. The third-order valence-corrected chi connectivity index (χ3v) is 5.14. The molecule has 1 aromatic heterocycles. The van der Waals surface area contributed by atoms with Crippen LogP contribution in [-0.2, 0) is 9.59 Å². The first-order valence-corrected chi connectivity index (χ1v) is 9.25. The maximum atomic E-state index is 12.5. The van der Waals surface area contributed by atoms with Crippen molar-refractivity contribution in [2.24, 2.45) is 11.8 Å². The molecule has 136 valence electrons. The summed E-state index contributed by atoms with van der Waals surface area (Å²) in [5.41, 5.74) is 0.822. The Kier molecular flexibility index (Phi) is 5.62. The van der Waals surface area contributed by atoms with E-state index in [1.54, 1.807) is 35.8 Å². The van der Waals surface area contributed by atoms with E-state index in [1.165, 1.54) is 11.3 Å². The number of carbonyl (C=O) groups is 3. The average Bonchev–Trinajstić information content (AvgIpc) is 3.15. The van der Waals surface area contributed by atoms with Crippen molar-refractivity contribution in [3.63, 3.8) is 0 Å². The third-order valence-electron chi connectivity index (χ3n) is 4.45. The quantitative estimate of drug-likeness (QED) is 0.832. The number of amides is 2. The smallest absolute Gasteiger partial charge is 0.257 e. The van der Waals surface area contributed by atoms with E-state index in [4.69, 9.17) is 0 Å². The molecule has 0 unspecified atom stereocenters. The summed E-state index contributed by atoms with van der Waals surface area (Å²) in [6.45, 7) is 0. The number of hydrogen-bond donors (Lipinski definition) is 2. The monoisotopic (exact) mass is 372 g/mol. The zero-order chi connectivity index (χ0) is 18.5. The number of carboxylic acids is 1. The van der Waals surface area contributed by atoms with Crippen LogP contribution in [-0.4, -0.2) is 22.8 Å². The maximum absolute atomic E-state index is 12.5. The minimum absolute atomic E-state index is 0.332. The lowest BCUT2D eigenvalue weighted by Crippen LogP contribution is -2.42. The molecule has 1 aromatic carbocycles. The van der Waals surface area contributed by atoms with Crippen LogP contribution < -0.4 is 15.7 Å². The van der Waals surface area contributed by atoms with Gasteiger partial charge < -0.3 is 15.2 Å². The number of hydrogen-bond acceptors (Lipinski definition) is 6. The van der Waals surface area contributed by atoms with E-state index in [-0.39, 0.29) is 11.8 Å². The lowest BCUT2D eigenvalue weighted by molar-refractivity contribution is -0.313. The van der Waals surface area contributed by atoms with E-state index in [2.05, 4.69) is 15.6 Å². The predicted octanol–water partition coefficient (Wildman–Crippen LogP) is 1.89. The molecule has 3 rings (SSSR count). The molecule has 2 N–H and O–H groups in total. The Morgan fingerprint density at radius 1 is 1.12 bits per heavy atom. The van der Waals surface area contributed by atoms with E-state index in [0.717, 1.165) is 12.8 Å². The lowest BCUT2D eigenvalue weighted by atomic mass is 9.78. The van der Waals surface area contributed by atoms with Crippen molar-refractivity contribution in [1.29, 1.82) is 0 Å². The molecule has 0 aliphatic heterocycles. The highest BCUT2D eigenvalue weighted by atomic mass is 32.1. The van der Waals surface area contributed by atoms with E-state index in [0.29, 0.717) is 29.2 Å². The normalized spacial score (nSPS) is 19.5. The fourth-order valence-electron chi connectivity index (χ4n) is 3.15. The standard InChI is InChI=1S/C18H19N3O4S/c22-15(21-18-19-8-9-26-18)11-4-3-5-12(10-11)20-16(23)13-6-1-2-7-14(13)17(24)25/h3-5,8-10,13-14H,1-2,6-7H2,(H,20,23)(H,24,25)(H,19,21,22)/p-1/t13-,14+/m0/s1. The van der Waals surface area contributed by atoms with Gasteiger partial charge in [-0.1, -0.05) is 18.9 Å². The summed E-state index contributed by atoms with van der Waals surface area (Å²) < 4.78 is 0. The molecule has 0 bridgehead atoms. The zero-order valence-corrected chi connectivity index (χ0v) is 14.8. The molecule has 26 heavy (non-hydrogen) atoms. The average molecular weight is 372 g/mol. The van der Waals surface area contributed by atoms with E-state index < -0.39 is 17.8 Å². The second kappa shape index (κ2) is 8.09. The van der Waals surface area contributed by atoms with Crippen molar-refractivity contribution in [3.05, 3.63) is 41.4 Å². The summed E-state index contributed by atoms with van der Waals surface area (Å²) in [4.78, 5) is 40.0. The number of nitrogens with one attached hydrogen (secondary N) is 2. The molecule has 0 radical (unpaired) electrons. The number of aliphatic carboxylic acids is 1. The first kappa shape index (κ1) is 18.1. The van der Waals surface area contributed by atoms with Crippen molar-refractivity contribution in [3.8, 4) is 0 Å². The van der Waals surface area contributed by atoms with Gasteiger partial charge in [-0.05, 0) is 31.0 Å². The van der Waals surface area contributed by atoms with Crippen LogP contribution in [0.5, 0.6) is 0 Å². The Bertz CT molecular complexity index is 807. The van der Waals surface area contributed by atoms with Crippen LogP contribution >= 0.6 is 11.3 Å². The van der Waals surface area contributed by atoms with Crippen molar-refractivity contribution in [1.82, 2.24) is 4.98 Å². The fourth-order valence-corrected chi connectivity index (χ4v) is 3.68. The number of thiazole rings is 1. The first-order chi connectivity index (χ1) is 12.5. The number of nitrogens with zero attached hydrogens (tertiary/aromatic N) is 1. The largest absolute Gasteiger partial charge is 0.550 e. The number of rotatable bonds is 5. The lowest BCUT2D eigenvalue weighted by Gasteiger charge is -2.31. The summed E-state index contributed by atoms with van der Waals surface area (Å²) in [7, 11) is 0. The molecule has 1 heterocycles. The molecule has 1 fully saturated rings. The van der Waals surface area contributed by atoms with E-state index in [9.17, 15) is 19.5 Å². The first-order valence-electron chi connectivity index (χ1n) is 8.37. The predicted molar refractivity (Wildman–Crippen MR) is 95.6 cm³/mol. The van der Waals surface area contributed by atoms with Gasteiger partial charge in [0.15, 0.2) is 5.13 Å². The van der Waals surface area contributed by atoms with Crippen molar-refractivity contribution >= 4 is 39.9 Å². The van der Waals surface area contributed by atoms with Crippen LogP contribution in [0.2, 0.25) is 0 Å². The van der Waals surface area contributed by atoms with Gasteiger partial charge in [0.1, 0.15) is 0 Å². The molecule has 2 aromatic rings. The van der Waals surface area contributed by atoms with Gasteiger partial charge in [0.05, 0.1) is 0 Å².